The van der Waals surface area contributed by atoms with Crippen LogP contribution in [0.3, 0.4) is 0 Å². The van der Waals surface area contributed by atoms with E-state index in [0.717, 1.165) is 0 Å². The van der Waals surface area contributed by atoms with E-state index in [1.54, 1.807) is 13.8 Å². The average molecular weight is 432 g/mol. The van der Waals surface area contributed by atoms with Crippen molar-refractivity contribution < 1.29 is 33.4 Å². The molecule has 1 aromatic carbocycles. The second-order valence-electron chi connectivity index (χ2n) is 6.67. The Hall–Kier alpha value is -3.89. The molecule has 1 aliphatic rings. The second-order valence-corrected chi connectivity index (χ2v) is 6.67. The van der Waals surface area contributed by atoms with Crippen LogP contribution in [-0.4, -0.2) is 49.0 Å². The van der Waals surface area contributed by atoms with Gasteiger partial charge in [0.25, 0.3) is 0 Å². The summed E-state index contributed by atoms with van der Waals surface area (Å²) in [6.45, 7) is 5.58. The Morgan fingerprint density at radius 1 is 0.968 bits per heavy atom. The fourth-order valence-corrected chi connectivity index (χ4v) is 2.91. The number of ether oxygens (including phenoxy) is 2. The Morgan fingerprint density at radius 2 is 1.55 bits per heavy atom. The van der Waals surface area contributed by atoms with Crippen molar-refractivity contribution in [3.63, 3.8) is 0 Å². The predicted molar refractivity (Wildman–Crippen MR) is 110 cm³/mol. The first-order valence-corrected chi connectivity index (χ1v) is 9.45. The molecular weight excluding hydrogens is 408 g/mol. The normalized spacial score (nSPS) is 15.4. The van der Waals surface area contributed by atoms with Crippen molar-refractivity contribution in [3.05, 3.63) is 35.0 Å². The molecule has 0 saturated carbocycles. The first kappa shape index (κ1) is 23.4. The van der Waals surface area contributed by atoms with Crippen LogP contribution in [-0.2, 0) is 23.9 Å². The molecule has 0 spiro atoms. The minimum atomic E-state index is -0.796. The van der Waals surface area contributed by atoms with Crippen LogP contribution in [0.2, 0.25) is 0 Å². The molecule has 1 heterocycles. The SMILES string of the molecule is CCOC(=O)C1=C(COC(=O)c2cc(NC(C)=O)cc(NC(C)=O)c2)NC(=O)NC1C. The van der Waals surface area contributed by atoms with Crippen LogP contribution in [0.1, 0.15) is 38.1 Å². The van der Waals surface area contributed by atoms with E-state index in [1.165, 1.54) is 32.0 Å². The minimum Gasteiger partial charge on any atom is -0.463 e. The highest BCUT2D eigenvalue weighted by molar-refractivity contribution is 5.98. The lowest BCUT2D eigenvalue weighted by Crippen LogP contribution is -2.50. The summed E-state index contributed by atoms with van der Waals surface area (Å²) in [4.78, 5) is 59.4. The first-order valence-electron chi connectivity index (χ1n) is 9.45. The molecule has 0 aliphatic carbocycles. The van der Waals surface area contributed by atoms with Crippen LogP contribution in [0.4, 0.5) is 16.2 Å². The van der Waals surface area contributed by atoms with Gasteiger partial charge in [0, 0.05) is 25.2 Å². The lowest BCUT2D eigenvalue weighted by atomic mass is 10.0. The van der Waals surface area contributed by atoms with Crippen LogP contribution >= 0.6 is 0 Å². The number of carbonyl (C=O) groups excluding carboxylic acids is 5. The van der Waals surface area contributed by atoms with Gasteiger partial charge in [0.2, 0.25) is 11.8 Å². The maximum atomic E-state index is 12.6. The van der Waals surface area contributed by atoms with Crippen molar-refractivity contribution in [3.8, 4) is 0 Å². The Labute approximate surface area is 178 Å². The molecule has 0 saturated heterocycles. The largest absolute Gasteiger partial charge is 0.463 e. The molecule has 1 aliphatic heterocycles. The first-order chi connectivity index (χ1) is 14.6. The summed E-state index contributed by atoms with van der Waals surface area (Å²) in [5.41, 5.74) is 0.840. The maximum Gasteiger partial charge on any atom is 0.338 e. The fraction of sp³-hybridized carbons (Fsp3) is 0.350. The molecule has 2 rings (SSSR count). The van der Waals surface area contributed by atoms with Gasteiger partial charge in [0.15, 0.2) is 0 Å². The van der Waals surface area contributed by atoms with E-state index in [2.05, 4.69) is 21.3 Å². The van der Waals surface area contributed by atoms with Gasteiger partial charge < -0.3 is 30.7 Å². The van der Waals surface area contributed by atoms with Gasteiger partial charge in [-0.3, -0.25) is 9.59 Å². The number of amides is 4. The van der Waals surface area contributed by atoms with E-state index < -0.39 is 30.6 Å². The number of nitrogens with one attached hydrogen (secondary N) is 4. The molecule has 0 aromatic heterocycles. The van der Waals surface area contributed by atoms with E-state index in [4.69, 9.17) is 9.47 Å². The molecule has 4 amide bonds. The summed E-state index contributed by atoms with van der Waals surface area (Å²) in [7, 11) is 0. The zero-order valence-corrected chi connectivity index (χ0v) is 17.6. The van der Waals surface area contributed by atoms with Gasteiger partial charge in [-0.2, -0.15) is 0 Å². The van der Waals surface area contributed by atoms with Gasteiger partial charge in [0.1, 0.15) is 6.61 Å². The lowest BCUT2D eigenvalue weighted by Gasteiger charge is -2.26. The Morgan fingerprint density at radius 3 is 2.06 bits per heavy atom. The summed E-state index contributed by atoms with van der Waals surface area (Å²) >= 11 is 0. The van der Waals surface area contributed by atoms with E-state index in [1.807, 2.05) is 0 Å². The molecule has 166 valence electrons. The third kappa shape index (κ3) is 6.56. The van der Waals surface area contributed by atoms with Gasteiger partial charge in [-0.1, -0.05) is 0 Å². The number of benzene rings is 1. The summed E-state index contributed by atoms with van der Waals surface area (Å²) in [6, 6.07) is 3.04. The molecule has 11 heteroatoms. The molecule has 1 atom stereocenters. The number of carbonyl (C=O) groups is 5. The molecule has 4 N–H and O–H groups in total. The zero-order valence-electron chi connectivity index (χ0n) is 17.6. The van der Waals surface area contributed by atoms with Crippen molar-refractivity contribution in [1.29, 1.82) is 0 Å². The van der Waals surface area contributed by atoms with Crippen LogP contribution in [0.25, 0.3) is 0 Å². The number of urea groups is 1. The quantitative estimate of drug-likeness (QED) is 0.474. The van der Waals surface area contributed by atoms with E-state index in [0.29, 0.717) is 0 Å². The summed E-state index contributed by atoms with van der Waals surface area (Å²) < 4.78 is 10.3. The molecule has 0 bridgehead atoms. The molecule has 1 unspecified atom stereocenters. The van der Waals surface area contributed by atoms with E-state index >= 15 is 0 Å². The number of anilines is 2. The van der Waals surface area contributed by atoms with Gasteiger partial charge in [0.05, 0.1) is 29.5 Å². The number of esters is 2. The van der Waals surface area contributed by atoms with Crippen LogP contribution in [0.15, 0.2) is 29.5 Å². The van der Waals surface area contributed by atoms with E-state index in [-0.39, 0.29) is 46.6 Å². The summed E-state index contributed by atoms with van der Waals surface area (Å²) in [5, 5.41) is 10.1. The van der Waals surface area contributed by atoms with Crippen molar-refractivity contribution in [2.45, 2.75) is 33.7 Å². The van der Waals surface area contributed by atoms with Gasteiger partial charge in [-0.05, 0) is 32.0 Å². The van der Waals surface area contributed by atoms with Gasteiger partial charge in [-0.15, -0.1) is 0 Å². The highest BCUT2D eigenvalue weighted by Crippen LogP contribution is 2.21. The third-order valence-corrected chi connectivity index (χ3v) is 4.02. The third-order valence-electron chi connectivity index (χ3n) is 4.02. The lowest BCUT2D eigenvalue weighted by molar-refractivity contribution is -0.139. The van der Waals surface area contributed by atoms with Crippen LogP contribution in [0, 0.1) is 0 Å². The van der Waals surface area contributed by atoms with Crippen molar-refractivity contribution in [1.82, 2.24) is 10.6 Å². The highest BCUT2D eigenvalue weighted by atomic mass is 16.5. The summed E-state index contributed by atoms with van der Waals surface area (Å²) in [5.74, 6) is -2.17. The zero-order chi connectivity index (χ0) is 23.1. The predicted octanol–water partition coefficient (Wildman–Crippen LogP) is 1.28. The van der Waals surface area contributed by atoms with Crippen LogP contribution in [0.5, 0.6) is 0 Å². The monoisotopic (exact) mass is 432 g/mol. The molecule has 0 radical (unpaired) electrons. The minimum absolute atomic E-state index is 0.0431. The smallest absolute Gasteiger partial charge is 0.338 e. The van der Waals surface area contributed by atoms with Crippen molar-refractivity contribution in [2.75, 3.05) is 23.8 Å². The Kier molecular flexibility index (Phi) is 7.72. The number of hydrogen-bond donors (Lipinski definition) is 4. The molecular formula is C20H24N4O7. The molecule has 0 fully saturated rings. The highest BCUT2D eigenvalue weighted by Gasteiger charge is 2.30. The maximum absolute atomic E-state index is 12.6. The van der Waals surface area contributed by atoms with Crippen LogP contribution < -0.4 is 21.3 Å². The fourth-order valence-electron chi connectivity index (χ4n) is 2.91. The number of hydrogen-bond acceptors (Lipinski definition) is 7. The Bertz CT molecular complexity index is 921. The Balaban J connectivity index is 2.27. The molecule has 31 heavy (non-hydrogen) atoms. The average Bonchev–Trinajstić information content (AvgIpc) is 2.64. The van der Waals surface area contributed by atoms with Gasteiger partial charge in [-0.25, -0.2) is 14.4 Å². The molecule has 1 aromatic rings. The number of rotatable bonds is 7. The molecule has 11 nitrogen and oxygen atoms in total. The van der Waals surface area contributed by atoms with E-state index in [9.17, 15) is 24.0 Å². The second kappa shape index (κ2) is 10.2. The van der Waals surface area contributed by atoms with Crippen molar-refractivity contribution >= 4 is 41.2 Å². The van der Waals surface area contributed by atoms with Gasteiger partial charge >= 0.3 is 18.0 Å². The van der Waals surface area contributed by atoms with Crippen molar-refractivity contribution in [2.24, 2.45) is 0 Å². The topological polar surface area (TPSA) is 152 Å². The standard InChI is InChI=1S/C20H24N4O7/c1-5-30-19(28)17-10(2)21-20(29)24-16(17)9-31-18(27)13-6-14(22-11(3)25)8-15(7-13)23-12(4)26/h6-8,10H,5,9H2,1-4H3,(H,22,25)(H,23,26)(H2,21,24,29). The summed E-state index contributed by atoms with van der Waals surface area (Å²) in [6.07, 6.45) is 0.